The van der Waals surface area contributed by atoms with Gasteiger partial charge in [0.05, 0.1) is 12.2 Å². The topological polar surface area (TPSA) is 124 Å². The summed E-state index contributed by atoms with van der Waals surface area (Å²) in [6.45, 7) is 1.41. The van der Waals surface area contributed by atoms with Gasteiger partial charge in [0.1, 0.15) is 12.0 Å². The van der Waals surface area contributed by atoms with Crippen molar-refractivity contribution in [2.24, 2.45) is 0 Å². The zero-order valence-corrected chi connectivity index (χ0v) is 10.1. The number of esters is 1. The van der Waals surface area contributed by atoms with Crippen LogP contribution >= 0.6 is 0 Å². The van der Waals surface area contributed by atoms with E-state index in [1.54, 1.807) is 0 Å². The molecule has 0 radical (unpaired) electrons. The molecule has 0 aliphatic carbocycles. The van der Waals surface area contributed by atoms with Gasteiger partial charge in [-0.3, -0.25) is 4.79 Å². The van der Waals surface area contributed by atoms with E-state index < -0.39 is 29.2 Å². The van der Waals surface area contributed by atoms with E-state index in [1.165, 1.54) is 13.0 Å². The summed E-state index contributed by atoms with van der Waals surface area (Å²) in [6, 6.07) is 3.22. The zero-order chi connectivity index (χ0) is 14.6. The number of carbonyl (C=O) groups is 2. The molecule has 0 aliphatic rings. The van der Waals surface area contributed by atoms with Crippen LogP contribution in [0.5, 0.6) is 5.75 Å². The van der Waals surface area contributed by atoms with Gasteiger partial charge in [0.15, 0.2) is 0 Å². The lowest BCUT2D eigenvalue weighted by Crippen LogP contribution is -2.45. The second kappa shape index (κ2) is 5.79. The van der Waals surface area contributed by atoms with E-state index in [1.807, 2.05) is 0 Å². The van der Waals surface area contributed by atoms with Crippen molar-refractivity contribution in [3.05, 3.63) is 29.3 Å². The number of aromatic hydroxyl groups is 1. The third kappa shape index (κ3) is 3.08. The molecule has 0 fully saturated rings. The lowest BCUT2D eigenvalue weighted by atomic mass is 9.97. The Hall–Kier alpha value is -1.96. The number of carbonyl (C=O) groups excluding carboxylic acids is 2. The monoisotopic (exact) mass is 270 g/mol. The molecular weight excluding hydrogens is 256 g/mol. The van der Waals surface area contributed by atoms with Gasteiger partial charge in [0, 0.05) is 5.56 Å². The largest absolute Gasteiger partial charge is 0.507 e. The number of aliphatic hydroxyl groups excluding tert-OH is 1. The molecule has 0 aliphatic heterocycles. The second-order valence-corrected chi connectivity index (χ2v) is 3.78. The fraction of sp³-hybridized carbons (Fsp3) is 0.333. The molecule has 1 atom stereocenters. The molecule has 0 saturated heterocycles. The van der Waals surface area contributed by atoms with Crippen molar-refractivity contribution >= 4 is 12.3 Å². The molecule has 104 valence electrons. The Kier molecular flexibility index (Phi) is 4.60. The molecule has 0 heterocycles. The molecule has 0 saturated carbocycles. The summed E-state index contributed by atoms with van der Waals surface area (Å²) in [7, 11) is 0. The quantitative estimate of drug-likeness (QED) is 0.316. The minimum atomic E-state index is -3.07. The fourth-order valence-electron chi connectivity index (χ4n) is 1.45. The highest BCUT2D eigenvalue weighted by atomic mass is 16.6. The summed E-state index contributed by atoms with van der Waals surface area (Å²) < 4.78 is 4.45. The van der Waals surface area contributed by atoms with Gasteiger partial charge in [-0.05, 0) is 25.1 Å². The first-order valence-electron chi connectivity index (χ1n) is 5.42. The van der Waals surface area contributed by atoms with Gasteiger partial charge in [-0.15, -0.1) is 0 Å². The maximum absolute atomic E-state index is 11.3. The number of phenolic OH excluding ortho intramolecular Hbond substituents is 1. The predicted molar refractivity (Wildman–Crippen MR) is 62.2 cm³/mol. The van der Waals surface area contributed by atoms with Gasteiger partial charge >= 0.3 is 5.97 Å². The van der Waals surface area contributed by atoms with Crippen LogP contribution in [0.2, 0.25) is 0 Å². The highest BCUT2D eigenvalue weighted by Crippen LogP contribution is 2.31. The van der Waals surface area contributed by atoms with Crippen LogP contribution in [0.15, 0.2) is 18.2 Å². The Morgan fingerprint density at radius 3 is 2.63 bits per heavy atom. The molecule has 7 heteroatoms. The van der Waals surface area contributed by atoms with Crippen molar-refractivity contribution in [1.82, 2.24) is 0 Å². The lowest BCUT2D eigenvalue weighted by Gasteiger charge is -2.26. The highest BCUT2D eigenvalue weighted by molar-refractivity contribution is 5.78. The summed E-state index contributed by atoms with van der Waals surface area (Å²) in [5.41, 5.74) is -0.533. The summed E-state index contributed by atoms with van der Waals surface area (Å²) in [5.74, 6) is -4.92. The Morgan fingerprint density at radius 2 is 2.11 bits per heavy atom. The van der Waals surface area contributed by atoms with Crippen LogP contribution in [0.4, 0.5) is 0 Å². The average molecular weight is 270 g/mol. The first-order valence-corrected chi connectivity index (χ1v) is 5.42. The number of phenols is 1. The molecule has 0 spiro atoms. The van der Waals surface area contributed by atoms with E-state index in [-0.39, 0.29) is 12.2 Å². The van der Waals surface area contributed by atoms with Crippen LogP contribution in [-0.2, 0) is 15.3 Å². The molecule has 1 unspecified atom stereocenters. The standard InChI is InChI=1S/C12H14O7/c1-2-19-11(16)10(15)12(17,18)8-5-7(6-13)3-4-9(8)14/h3-6,10,14-15,17-18H,2H2,1H3. The van der Waals surface area contributed by atoms with Crippen molar-refractivity contribution in [3.63, 3.8) is 0 Å². The smallest absolute Gasteiger partial charge is 0.341 e. The van der Waals surface area contributed by atoms with Gasteiger partial charge in [0.25, 0.3) is 0 Å². The van der Waals surface area contributed by atoms with Crippen LogP contribution in [0.1, 0.15) is 22.8 Å². The molecule has 1 rings (SSSR count). The predicted octanol–water partition coefficient (Wildman–Crippen LogP) is -0.734. The van der Waals surface area contributed by atoms with Gasteiger partial charge in [-0.1, -0.05) is 0 Å². The van der Waals surface area contributed by atoms with Gasteiger partial charge in [-0.25, -0.2) is 4.79 Å². The maximum Gasteiger partial charge on any atom is 0.341 e. The lowest BCUT2D eigenvalue weighted by molar-refractivity contribution is -0.240. The van der Waals surface area contributed by atoms with E-state index in [4.69, 9.17) is 0 Å². The van der Waals surface area contributed by atoms with Crippen LogP contribution in [0.3, 0.4) is 0 Å². The molecule has 7 nitrogen and oxygen atoms in total. The third-order valence-electron chi connectivity index (χ3n) is 2.44. The molecule has 19 heavy (non-hydrogen) atoms. The minimum absolute atomic E-state index is 0.0383. The number of hydrogen-bond donors (Lipinski definition) is 4. The summed E-state index contributed by atoms with van der Waals surface area (Å²) >= 11 is 0. The van der Waals surface area contributed by atoms with Crippen molar-refractivity contribution in [2.45, 2.75) is 18.8 Å². The minimum Gasteiger partial charge on any atom is -0.507 e. The average Bonchev–Trinajstić information content (AvgIpc) is 2.38. The van der Waals surface area contributed by atoms with Crippen molar-refractivity contribution in [1.29, 1.82) is 0 Å². The molecule has 4 N–H and O–H groups in total. The molecule has 0 bridgehead atoms. The summed E-state index contributed by atoms with van der Waals surface area (Å²) in [5, 5.41) is 38.6. The van der Waals surface area contributed by atoms with E-state index in [0.717, 1.165) is 12.1 Å². The maximum atomic E-state index is 11.3. The molecule has 0 amide bonds. The first kappa shape index (κ1) is 15.1. The van der Waals surface area contributed by atoms with Crippen molar-refractivity contribution < 1.29 is 34.8 Å². The third-order valence-corrected chi connectivity index (χ3v) is 2.44. The fourth-order valence-corrected chi connectivity index (χ4v) is 1.45. The van der Waals surface area contributed by atoms with Gasteiger partial charge in [-0.2, -0.15) is 0 Å². The van der Waals surface area contributed by atoms with Crippen molar-refractivity contribution in [2.75, 3.05) is 6.61 Å². The van der Waals surface area contributed by atoms with Gasteiger partial charge in [0.2, 0.25) is 11.9 Å². The van der Waals surface area contributed by atoms with Gasteiger partial charge < -0.3 is 25.2 Å². The summed E-state index contributed by atoms with van der Waals surface area (Å²) in [6.07, 6.45) is -1.91. The molecule has 0 aromatic heterocycles. The number of ether oxygens (including phenoxy) is 1. The Bertz CT molecular complexity index is 481. The zero-order valence-electron chi connectivity index (χ0n) is 10.1. The van der Waals surface area contributed by atoms with E-state index in [2.05, 4.69) is 4.74 Å². The van der Waals surface area contributed by atoms with Crippen LogP contribution in [0, 0.1) is 0 Å². The first-order chi connectivity index (χ1) is 8.84. The Labute approximate surface area is 108 Å². The van der Waals surface area contributed by atoms with Crippen LogP contribution < -0.4 is 0 Å². The van der Waals surface area contributed by atoms with Crippen molar-refractivity contribution in [3.8, 4) is 5.75 Å². The Balaban J connectivity index is 3.18. The van der Waals surface area contributed by atoms with Crippen LogP contribution in [0.25, 0.3) is 0 Å². The molecular formula is C12H14O7. The molecule has 1 aromatic carbocycles. The normalized spacial score (nSPS) is 12.8. The Morgan fingerprint density at radius 1 is 1.47 bits per heavy atom. The SMILES string of the molecule is CCOC(=O)C(O)C(O)(O)c1cc(C=O)ccc1O. The second-order valence-electron chi connectivity index (χ2n) is 3.78. The number of benzene rings is 1. The number of rotatable bonds is 5. The van der Waals surface area contributed by atoms with E-state index in [9.17, 15) is 30.0 Å². The number of aliphatic hydroxyl groups is 3. The van der Waals surface area contributed by atoms with E-state index in [0.29, 0.717) is 6.29 Å². The molecule has 1 aromatic rings. The number of hydrogen-bond acceptors (Lipinski definition) is 7. The summed E-state index contributed by atoms with van der Waals surface area (Å²) in [4.78, 5) is 21.9. The number of aldehydes is 1. The van der Waals surface area contributed by atoms with E-state index >= 15 is 0 Å². The van der Waals surface area contributed by atoms with Crippen LogP contribution in [-0.4, -0.2) is 45.4 Å². The highest BCUT2D eigenvalue weighted by Gasteiger charge is 2.43.